The summed E-state index contributed by atoms with van der Waals surface area (Å²) in [6.07, 6.45) is 2.45. The highest BCUT2D eigenvalue weighted by Crippen LogP contribution is 2.26. The van der Waals surface area contributed by atoms with Crippen LogP contribution in [0.2, 0.25) is 0 Å². The Morgan fingerprint density at radius 2 is 2.00 bits per heavy atom. The number of carbonyl (C=O) groups excluding carboxylic acids is 1. The maximum absolute atomic E-state index is 12.3. The van der Waals surface area contributed by atoms with Gasteiger partial charge in [0.15, 0.2) is 11.9 Å². The molecular weight excluding hydrogens is 348 g/mol. The molecule has 0 aliphatic rings. The van der Waals surface area contributed by atoms with Crippen LogP contribution in [0.4, 0.5) is 0 Å². The lowest BCUT2D eigenvalue weighted by Crippen LogP contribution is -2.16. The lowest BCUT2D eigenvalue weighted by Gasteiger charge is -2.11. The first kappa shape index (κ1) is 18.1. The number of aromatic amines is 1. The fraction of sp³-hybridized carbons (Fsp3) is 0.250. The van der Waals surface area contributed by atoms with Crippen molar-refractivity contribution in [2.45, 2.75) is 33.8 Å². The molecule has 6 heteroatoms. The summed E-state index contributed by atoms with van der Waals surface area (Å²) in [5.74, 6) is -0.136. The highest BCUT2D eigenvalue weighted by molar-refractivity contribution is 7.18. The van der Waals surface area contributed by atoms with E-state index in [1.807, 2.05) is 45.0 Å². The largest absolute Gasteiger partial charge is 0.451 e. The third kappa shape index (κ3) is 3.60. The minimum absolute atomic E-state index is 0.204. The topological polar surface area (TPSA) is 72.0 Å². The third-order valence-electron chi connectivity index (χ3n) is 4.32. The van der Waals surface area contributed by atoms with Crippen LogP contribution < -0.4 is 5.56 Å². The lowest BCUT2D eigenvalue weighted by molar-refractivity contribution is -0.142. The molecule has 1 N–H and O–H groups in total. The number of rotatable bonds is 4. The number of ether oxygens (including phenoxy) is 1. The van der Waals surface area contributed by atoms with Crippen molar-refractivity contribution in [3.8, 4) is 0 Å². The Morgan fingerprint density at radius 1 is 1.27 bits per heavy atom. The van der Waals surface area contributed by atoms with Crippen LogP contribution in [0.3, 0.4) is 0 Å². The Bertz CT molecular complexity index is 1060. The Kier molecular flexibility index (Phi) is 5.04. The van der Waals surface area contributed by atoms with E-state index in [1.165, 1.54) is 17.4 Å². The predicted octanol–water partition coefficient (Wildman–Crippen LogP) is 4.23. The third-order valence-corrected chi connectivity index (χ3v) is 5.42. The molecule has 2 heterocycles. The second-order valence-electron chi connectivity index (χ2n) is 6.18. The molecule has 26 heavy (non-hydrogen) atoms. The van der Waals surface area contributed by atoms with Gasteiger partial charge in [-0.25, -0.2) is 9.78 Å². The van der Waals surface area contributed by atoms with E-state index >= 15 is 0 Å². The summed E-state index contributed by atoms with van der Waals surface area (Å²) in [4.78, 5) is 33.3. The number of H-pyrrole nitrogens is 1. The normalized spacial score (nSPS) is 12.6. The van der Waals surface area contributed by atoms with Crippen molar-refractivity contribution in [2.24, 2.45) is 0 Å². The van der Waals surface area contributed by atoms with Gasteiger partial charge < -0.3 is 9.72 Å². The molecule has 3 aromatic rings. The summed E-state index contributed by atoms with van der Waals surface area (Å²) in [6, 6.07) is 7.76. The molecule has 134 valence electrons. The number of carbonyl (C=O) groups is 1. The zero-order chi connectivity index (χ0) is 18.8. The highest BCUT2D eigenvalue weighted by atomic mass is 32.1. The molecule has 0 fully saturated rings. The van der Waals surface area contributed by atoms with Crippen LogP contribution in [0.1, 0.15) is 40.4 Å². The molecule has 2 aromatic heterocycles. The van der Waals surface area contributed by atoms with Gasteiger partial charge in [0, 0.05) is 11.0 Å². The standard InChI is InChI=1S/C20H20N2O3S/c1-11-7-5-6-8-15(11)9-10-16(23)25-13(3)18-21-19(24)17-12(2)14(4)26-20(17)22-18/h5-10,13H,1-4H3,(H,21,22,24)/b10-9+/t13-/m1/s1. The van der Waals surface area contributed by atoms with Crippen LogP contribution in [0.5, 0.6) is 0 Å². The summed E-state index contributed by atoms with van der Waals surface area (Å²) in [7, 11) is 0. The van der Waals surface area contributed by atoms with Gasteiger partial charge >= 0.3 is 5.97 Å². The maximum Gasteiger partial charge on any atom is 0.331 e. The van der Waals surface area contributed by atoms with Crippen molar-refractivity contribution in [2.75, 3.05) is 0 Å². The van der Waals surface area contributed by atoms with Crippen LogP contribution in [-0.4, -0.2) is 15.9 Å². The summed E-state index contributed by atoms with van der Waals surface area (Å²) in [5.41, 5.74) is 2.76. The molecule has 0 amide bonds. The fourth-order valence-electron chi connectivity index (χ4n) is 2.66. The van der Waals surface area contributed by atoms with Crippen molar-refractivity contribution < 1.29 is 9.53 Å². The smallest absolute Gasteiger partial charge is 0.331 e. The number of thiophene rings is 1. The van der Waals surface area contributed by atoms with E-state index in [0.29, 0.717) is 16.0 Å². The number of hydrogen-bond acceptors (Lipinski definition) is 5. The molecule has 0 aliphatic heterocycles. The number of hydrogen-bond donors (Lipinski definition) is 1. The number of benzene rings is 1. The van der Waals surface area contributed by atoms with Crippen LogP contribution in [-0.2, 0) is 9.53 Å². The lowest BCUT2D eigenvalue weighted by atomic mass is 10.1. The second kappa shape index (κ2) is 7.25. The number of aryl methyl sites for hydroxylation is 3. The molecule has 0 unspecified atom stereocenters. The molecule has 0 aliphatic carbocycles. The first-order valence-electron chi connectivity index (χ1n) is 8.31. The Balaban J connectivity index is 1.78. The van der Waals surface area contributed by atoms with Gasteiger partial charge in [-0.05, 0) is 50.5 Å². The second-order valence-corrected chi connectivity index (χ2v) is 7.39. The number of nitrogens with one attached hydrogen (secondary N) is 1. The maximum atomic E-state index is 12.3. The molecule has 0 spiro atoms. The number of aromatic nitrogens is 2. The minimum atomic E-state index is -0.649. The average molecular weight is 368 g/mol. The van der Waals surface area contributed by atoms with Crippen molar-refractivity contribution in [1.29, 1.82) is 0 Å². The van der Waals surface area contributed by atoms with E-state index in [9.17, 15) is 9.59 Å². The summed E-state index contributed by atoms with van der Waals surface area (Å²) < 4.78 is 5.39. The average Bonchev–Trinajstić information content (AvgIpc) is 2.88. The Hall–Kier alpha value is -2.73. The van der Waals surface area contributed by atoms with Gasteiger partial charge in [-0.15, -0.1) is 11.3 Å². The number of nitrogens with zero attached hydrogens (tertiary/aromatic N) is 1. The van der Waals surface area contributed by atoms with Gasteiger partial charge in [0.05, 0.1) is 5.39 Å². The van der Waals surface area contributed by atoms with Gasteiger partial charge in [-0.1, -0.05) is 24.3 Å². The summed E-state index contributed by atoms with van der Waals surface area (Å²) in [5, 5.41) is 0.606. The number of fused-ring (bicyclic) bond motifs is 1. The SMILES string of the molecule is Cc1ccccc1/C=C/C(=O)O[C@H](C)c1nc2sc(C)c(C)c2c(=O)[nH]1. The molecule has 0 bridgehead atoms. The van der Waals surface area contributed by atoms with Crippen LogP contribution in [0.15, 0.2) is 35.1 Å². The molecule has 0 radical (unpaired) electrons. The molecule has 1 atom stereocenters. The van der Waals surface area contributed by atoms with E-state index in [1.54, 1.807) is 13.0 Å². The van der Waals surface area contributed by atoms with Crippen molar-refractivity contribution in [3.05, 3.63) is 68.1 Å². The first-order valence-corrected chi connectivity index (χ1v) is 9.12. The first-order chi connectivity index (χ1) is 12.4. The van der Waals surface area contributed by atoms with Gasteiger partial charge in [-0.2, -0.15) is 0 Å². The van der Waals surface area contributed by atoms with Crippen LogP contribution >= 0.6 is 11.3 Å². The van der Waals surface area contributed by atoms with Gasteiger partial charge in [0.1, 0.15) is 4.83 Å². The van der Waals surface area contributed by atoms with Crippen molar-refractivity contribution in [1.82, 2.24) is 9.97 Å². The van der Waals surface area contributed by atoms with E-state index in [2.05, 4.69) is 9.97 Å². The van der Waals surface area contributed by atoms with Crippen molar-refractivity contribution in [3.63, 3.8) is 0 Å². The van der Waals surface area contributed by atoms with Crippen LogP contribution in [0, 0.1) is 20.8 Å². The zero-order valence-electron chi connectivity index (χ0n) is 15.1. The van der Waals surface area contributed by atoms with Gasteiger partial charge in [-0.3, -0.25) is 4.79 Å². The van der Waals surface area contributed by atoms with Crippen LogP contribution in [0.25, 0.3) is 16.3 Å². The molecule has 1 aromatic carbocycles. The zero-order valence-corrected chi connectivity index (χ0v) is 15.9. The van der Waals surface area contributed by atoms with Crippen molar-refractivity contribution >= 4 is 33.6 Å². The molecule has 3 rings (SSSR count). The molecule has 0 saturated carbocycles. The Labute approximate surface area is 155 Å². The van der Waals surface area contributed by atoms with Gasteiger partial charge in [0.2, 0.25) is 0 Å². The predicted molar refractivity (Wildman–Crippen MR) is 104 cm³/mol. The van der Waals surface area contributed by atoms with Gasteiger partial charge in [0.25, 0.3) is 5.56 Å². The summed E-state index contributed by atoms with van der Waals surface area (Å²) in [6.45, 7) is 7.53. The van der Waals surface area contributed by atoms with E-state index in [4.69, 9.17) is 4.74 Å². The number of esters is 1. The molecular formula is C20H20N2O3S. The van der Waals surface area contributed by atoms with E-state index in [-0.39, 0.29) is 5.56 Å². The van der Waals surface area contributed by atoms with E-state index < -0.39 is 12.1 Å². The fourth-order valence-corrected chi connectivity index (χ4v) is 3.70. The molecule has 5 nitrogen and oxygen atoms in total. The molecule has 0 saturated heterocycles. The highest BCUT2D eigenvalue weighted by Gasteiger charge is 2.17. The monoisotopic (exact) mass is 368 g/mol. The quantitative estimate of drug-likeness (QED) is 0.553. The Morgan fingerprint density at radius 3 is 2.73 bits per heavy atom. The summed E-state index contributed by atoms with van der Waals surface area (Å²) >= 11 is 1.47. The van der Waals surface area contributed by atoms with E-state index in [0.717, 1.165) is 21.6 Å². The minimum Gasteiger partial charge on any atom is -0.451 e.